The monoisotopic (exact) mass is 454 g/mol. The molecular weight excluding hydrogens is 432 g/mol. The molecule has 0 bridgehead atoms. The molecule has 1 aromatic heterocycles. The van der Waals surface area contributed by atoms with Crippen molar-refractivity contribution in [2.24, 2.45) is 0 Å². The number of ether oxygens (including phenoxy) is 3. The minimum Gasteiger partial charge on any atom is -0.495 e. The maximum Gasteiger partial charge on any atom is 0.350 e. The zero-order valence-corrected chi connectivity index (χ0v) is 18.2. The third kappa shape index (κ3) is 4.81. The molecule has 1 N–H and O–H groups in total. The van der Waals surface area contributed by atoms with E-state index in [4.69, 9.17) is 14.2 Å². The number of nitrogens with one attached hydrogen (secondary N) is 1. The van der Waals surface area contributed by atoms with Crippen molar-refractivity contribution in [1.82, 2.24) is 4.31 Å². The summed E-state index contributed by atoms with van der Waals surface area (Å²) in [5.74, 6) is -0.724. The molecule has 1 aliphatic heterocycles. The van der Waals surface area contributed by atoms with Gasteiger partial charge >= 0.3 is 5.97 Å². The molecule has 9 nitrogen and oxygen atoms in total. The number of hydrogen-bond donors (Lipinski definition) is 1. The molecular formula is C19H22N2O7S2. The number of amides is 1. The van der Waals surface area contributed by atoms with Crippen molar-refractivity contribution in [3.05, 3.63) is 40.1 Å². The maximum absolute atomic E-state index is 13.1. The highest BCUT2D eigenvalue weighted by Crippen LogP contribution is 2.29. The van der Waals surface area contributed by atoms with Crippen LogP contribution in [0.3, 0.4) is 0 Å². The van der Waals surface area contributed by atoms with Crippen LogP contribution in [0.25, 0.3) is 0 Å². The summed E-state index contributed by atoms with van der Waals surface area (Å²) in [5, 5.41) is 4.34. The number of rotatable bonds is 7. The molecule has 2 heterocycles. The van der Waals surface area contributed by atoms with Crippen LogP contribution in [-0.4, -0.2) is 65.1 Å². The molecule has 0 atom stereocenters. The van der Waals surface area contributed by atoms with Crippen molar-refractivity contribution in [3.63, 3.8) is 0 Å². The maximum atomic E-state index is 13.1. The minimum atomic E-state index is -3.80. The zero-order chi connectivity index (χ0) is 21.7. The molecule has 0 radical (unpaired) electrons. The van der Waals surface area contributed by atoms with E-state index in [1.54, 1.807) is 17.5 Å². The highest BCUT2D eigenvalue weighted by Gasteiger charge is 2.29. The number of hydrogen-bond acceptors (Lipinski definition) is 8. The molecule has 11 heteroatoms. The lowest BCUT2D eigenvalue weighted by atomic mass is 10.1. The number of carbonyl (C=O) groups excluding carboxylic acids is 2. The number of sulfonamides is 1. The van der Waals surface area contributed by atoms with Gasteiger partial charge in [0.1, 0.15) is 15.5 Å². The summed E-state index contributed by atoms with van der Waals surface area (Å²) >= 11 is 1.16. The predicted molar refractivity (Wildman–Crippen MR) is 111 cm³/mol. The Kier molecular flexibility index (Phi) is 7.08. The second-order valence-corrected chi connectivity index (χ2v) is 9.20. The van der Waals surface area contributed by atoms with Crippen LogP contribution in [-0.2, 0) is 30.7 Å². The summed E-state index contributed by atoms with van der Waals surface area (Å²) in [5.41, 5.74) is 0.849. The van der Waals surface area contributed by atoms with Gasteiger partial charge in [0, 0.05) is 13.1 Å². The second kappa shape index (κ2) is 9.56. The van der Waals surface area contributed by atoms with Crippen LogP contribution in [0, 0.1) is 0 Å². The summed E-state index contributed by atoms with van der Waals surface area (Å²) < 4.78 is 42.6. The van der Waals surface area contributed by atoms with Crippen LogP contribution < -0.4 is 10.1 Å². The number of carbonyl (C=O) groups is 2. The fraction of sp³-hybridized carbons (Fsp3) is 0.368. The van der Waals surface area contributed by atoms with E-state index < -0.39 is 21.9 Å². The van der Waals surface area contributed by atoms with Crippen molar-refractivity contribution >= 4 is 38.9 Å². The van der Waals surface area contributed by atoms with E-state index in [1.807, 2.05) is 0 Å². The summed E-state index contributed by atoms with van der Waals surface area (Å²) in [4.78, 5) is 24.5. The molecule has 0 spiro atoms. The van der Waals surface area contributed by atoms with E-state index >= 15 is 0 Å². The Morgan fingerprint density at radius 3 is 2.60 bits per heavy atom. The number of methoxy groups -OCH3 is 2. The fourth-order valence-electron chi connectivity index (χ4n) is 3.00. The molecule has 1 fully saturated rings. The van der Waals surface area contributed by atoms with Crippen molar-refractivity contribution < 1.29 is 32.2 Å². The van der Waals surface area contributed by atoms with Gasteiger partial charge in [-0.3, -0.25) is 4.79 Å². The van der Waals surface area contributed by atoms with Crippen molar-refractivity contribution in [1.29, 1.82) is 0 Å². The first-order valence-corrected chi connectivity index (χ1v) is 11.4. The van der Waals surface area contributed by atoms with Gasteiger partial charge in [0.05, 0.1) is 39.5 Å². The third-order valence-corrected chi connectivity index (χ3v) is 7.30. The van der Waals surface area contributed by atoms with Gasteiger partial charge in [-0.15, -0.1) is 11.3 Å². The second-order valence-electron chi connectivity index (χ2n) is 6.38. The van der Waals surface area contributed by atoms with Gasteiger partial charge in [-0.1, -0.05) is 6.07 Å². The first-order valence-electron chi connectivity index (χ1n) is 9.07. The van der Waals surface area contributed by atoms with Crippen LogP contribution in [0.4, 0.5) is 5.69 Å². The molecule has 162 valence electrons. The first kappa shape index (κ1) is 22.2. The topological polar surface area (TPSA) is 111 Å². The number of benzene rings is 1. The summed E-state index contributed by atoms with van der Waals surface area (Å²) in [6, 6.07) is 6.21. The predicted octanol–water partition coefficient (Wildman–Crippen LogP) is 1.75. The number of esters is 1. The lowest BCUT2D eigenvalue weighted by Gasteiger charge is -2.26. The normalized spacial score (nSPS) is 14.9. The van der Waals surface area contributed by atoms with Gasteiger partial charge in [-0.25, -0.2) is 13.2 Å². The molecule has 1 saturated heterocycles. The van der Waals surface area contributed by atoms with Gasteiger partial charge in [0.15, 0.2) is 0 Å². The largest absolute Gasteiger partial charge is 0.495 e. The average Bonchev–Trinajstić information content (AvgIpc) is 3.21. The van der Waals surface area contributed by atoms with E-state index in [0.717, 1.165) is 11.3 Å². The molecule has 0 aliphatic carbocycles. The molecule has 0 unspecified atom stereocenters. The van der Waals surface area contributed by atoms with E-state index in [2.05, 4.69) is 5.32 Å². The van der Waals surface area contributed by atoms with Crippen molar-refractivity contribution in [2.75, 3.05) is 45.8 Å². The standard InChI is InChI=1S/C19H22N2O7S2/c1-26-15-4-3-13(11-16(15)30(24,25)21-6-8-28-9-7-21)12-17(22)20-14-5-10-29-18(14)19(23)27-2/h3-5,10-11H,6-9,12H2,1-2H3,(H,20,22). The lowest BCUT2D eigenvalue weighted by Crippen LogP contribution is -2.40. The number of thiophene rings is 1. The van der Waals surface area contributed by atoms with E-state index in [-0.39, 0.29) is 35.0 Å². The minimum absolute atomic E-state index is 0.00276. The average molecular weight is 455 g/mol. The van der Waals surface area contributed by atoms with Crippen LogP contribution in [0.1, 0.15) is 15.2 Å². The Morgan fingerprint density at radius 1 is 1.20 bits per heavy atom. The van der Waals surface area contributed by atoms with Crippen LogP contribution in [0.15, 0.2) is 34.5 Å². The molecule has 1 aromatic carbocycles. The van der Waals surface area contributed by atoms with Gasteiger partial charge in [-0.05, 0) is 29.1 Å². The quantitative estimate of drug-likeness (QED) is 0.635. The first-order chi connectivity index (χ1) is 14.4. The number of morpholine rings is 1. The summed E-state index contributed by atoms with van der Waals surface area (Å²) in [7, 11) is -1.14. The molecule has 0 saturated carbocycles. The Hall–Kier alpha value is -2.47. The Morgan fingerprint density at radius 2 is 1.93 bits per heavy atom. The van der Waals surface area contributed by atoms with Gasteiger partial charge in [-0.2, -0.15) is 4.31 Å². The van der Waals surface area contributed by atoms with E-state index in [0.29, 0.717) is 24.5 Å². The highest BCUT2D eigenvalue weighted by atomic mass is 32.2. The summed E-state index contributed by atoms with van der Waals surface area (Å²) in [6.07, 6.45) is -0.0773. The lowest BCUT2D eigenvalue weighted by molar-refractivity contribution is -0.115. The molecule has 1 amide bonds. The molecule has 2 aromatic rings. The third-order valence-electron chi connectivity index (χ3n) is 4.49. The number of nitrogens with zero attached hydrogens (tertiary/aromatic N) is 1. The highest BCUT2D eigenvalue weighted by molar-refractivity contribution is 7.89. The Labute approximate surface area is 178 Å². The van der Waals surface area contributed by atoms with Crippen LogP contribution >= 0.6 is 11.3 Å². The smallest absolute Gasteiger partial charge is 0.350 e. The van der Waals surface area contributed by atoms with Gasteiger partial charge in [0.2, 0.25) is 15.9 Å². The molecule has 30 heavy (non-hydrogen) atoms. The molecule has 3 rings (SSSR count). The van der Waals surface area contributed by atoms with Gasteiger partial charge in [0.25, 0.3) is 0 Å². The molecule has 1 aliphatic rings. The van der Waals surface area contributed by atoms with Crippen molar-refractivity contribution in [2.45, 2.75) is 11.3 Å². The zero-order valence-electron chi connectivity index (χ0n) is 16.5. The Balaban J connectivity index is 1.80. The summed E-state index contributed by atoms with van der Waals surface area (Å²) in [6.45, 7) is 1.16. The number of anilines is 1. The van der Waals surface area contributed by atoms with Crippen molar-refractivity contribution in [3.8, 4) is 5.75 Å². The van der Waals surface area contributed by atoms with Crippen LogP contribution in [0.2, 0.25) is 0 Å². The van der Waals surface area contributed by atoms with Gasteiger partial charge < -0.3 is 19.5 Å². The van der Waals surface area contributed by atoms with Crippen LogP contribution in [0.5, 0.6) is 5.75 Å². The fourth-order valence-corrected chi connectivity index (χ4v) is 5.38. The van der Waals surface area contributed by atoms with E-state index in [1.165, 1.54) is 30.7 Å². The SMILES string of the molecule is COC(=O)c1sccc1NC(=O)Cc1ccc(OC)c(S(=O)(=O)N2CCOCC2)c1. The van der Waals surface area contributed by atoms with E-state index in [9.17, 15) is 18.0 Å². The Bertz CT molecular complexity index is 1030.